The highest BCUT2D eigenvalue weighted by Crippen LogP contribution is 2.12. The van der Waals surface area contributed by atoms with E-state index in [1.54, 1.807) is 13.1 Å². The minimum atomic E-state index is -0.167. The second-order valence-electron chi connectivity index (χ2n) is 7.02. The number of aliphatic imine (C=N–C) groups is 1. The minimum Gasteiger partial charge on any atom is -0.356 e. The molecule has 2 rings (SSSR count). The van der Waals surface area contributed by atoms with Crippen LogP contribution in [-0.4, -0.2) is 48.3 Å². The van der Waals surface area contributed by atoms with E-state index in [0.29, 0.717) is 18.7 Å². The van der Waals surface area contributed by atoms with Crippen LogP contribution >= 0.6 is 24.0 Å². The Kier molecular flexibility index (Phi) is 10.4. The zero-order chi connectivity index (χ0) is 19.8. The van der Waals surface area contributed by atoms with Crippen molar-refractivity contribution < 1.29 is 4.39 Å². The molecule has 1 aromatic heterocycles. The van der Waals surface area contributed by atoms with Gasteiger partial charge in [-0.2, -0.15) is 5.10 Å². The fraction of sp³-hybridized carbons (Fsp3) is 0.500. The fourth-order valence-electron chi connectivity index (χ4n) is 2.94. The van der Waals surface area contributed by atoms with Gasteiger partial charge in [0.1, 0.15) is 5.82 Å². The fourth-order valence-corrected chi connectivity index (χ4v) is 2.94. The number of aryl methyl sites for hydroxylation is 3. The predicted molar refractivity (Wildman–Crippen MR) is 124 cm³/mol. The molecule has 0 aliphatic carbocycles. The number of guanidine groups is 1. The summed E-state index contributed by atoms with van der Waals surface area (Å²) in [5, 5.41) is 11.1. The summed E-state index contributed by atoms with van der Waals surface area (Å²) >= 11 is 0. The summed E-state index contributed by atoms with van der Waals surface area (Å²) < 4.78 is 15.9. The van der Waals surface area contributed by atoms with Crippen molar-refractivity contribution >= 4 is 29.9 Å². The van der Waals surface area contributed by atoms with Crippen LogP contribution in [-0.2, 0) is 19.6 Å². The van der Waals surface area contributed by atoms with Gasteiger partial charge in [-0.25, -0.2) is 4.39 Å². The van der Waals surface area contributed by atoms with Gasteiger partial charge in [-0.1, -0.05) is 6.07 Å². The Morgan fingerprint density at radius 3 is 2.57 bits per heavy atom. The van der Waals surface area contributed by atoms with Crippen LogP contribution in [0, 0.1) is 19.7 Å². The highest BCUT2D eigenvalue weighted by molar-refractivity contribution is 14.0. The second-order valence-corrected chi connectivity index (χ2v) is 7.02. The van der Waals surface area contributed by atoms with Crippen molar-refractivity contribution in [3.63, 3.8) is 0 Å². The maximum Gasteiger partial charge on any atom is 0.191 e. The summed E-state index contributed by atoms with van der Waals surface area (Å²) in [5.74, 6) is 0.570. The van der Waals surface area contributed by atoms with E-state index in [-0.39, 0.29) is 29.8 Å². The second kappa shape index (κ2) is 12.0. The van der Waals surface area contributed by atoms with E-state index in [4.69, 9.17) is 0 Å². The molecular weight excluding hydrogens is 470 g/mol. The van der Waals surface area contributed by atoms with Crippen LogP contribution in [0.3, 0.4) is 0 Å². The molecule has 156 valence electrons. The summed E-state index contributed by atoms with van der Waals surface area (Å²) in [6.07, 6.45) is 0.951. The number of nitrogens with one attached hydrogen (secondary N) is 2. The molecule has 8 heteroatoms. The van der Waals surface area contributed by atoms with E-state index in [2.05, 4.69) is 33.7 Å². The van der Waals surface area contributed by atoms with Crippen LogP contribution in [0.2, 0.25) is 0 Å². The van der Waals surface area contributed by atoms with Crippen LogP contribution in [0.15, 0.2) is 29.3 Å². The zero-order valence-electron chi connectivity index (χ0n) is 17.4. The molecule has 2 aromatic rings. The standard InChI is InChI=1S/C20H31FN6.HI/c1-15-11-16(2)27(25-15)10-6-9-23-20(22-3)24-13-17-7-8-19(21)18(12-17)14-26(4)5;/h7-8,11-12H,6,9-10,13-14H2,1-5H3,(H2,22,23,24);1H. The lowest BCUT2D eigenvalue weighted by Gasteiger charge is -2.14. The molecule has 0 aliphatic rings. The molecule has 1 heterocycles. The van der Waals surface area contributed by atoms with E-state index in [1.165, 1.54) is 11.8 Å². The third-order valence-corrected chi connectivity index (χ3v) is 4.22. The third kappa shape index (κ3) is 7.75. The Labute approximate surface area is 184 Å². The summed E-state index contributed by atoms with van der Waals surface area (Å²) in [6, 6.07) is 7.32. The number of nitrogens with zero attached hydrogens (tertiary/aromatic N) is 4. The molecule has 0 spiro atoms. The molecule has 0 unspecified atom stereocenters. The molecule has 0 fully saturated rings. The average Bonchev–Trinajstić information content (AvgIpc) is 2.93. The number of rotatable bonds is 8. The first-order valence-corrected chi connectivity index (χ1v) is 9.26. The van der Waals surface area contributed by atoms with E-state index >= 15 is 0 Å². The van der Waals surface area contributed by atoms with E-state index in [9.17, 15) is 4.39 Å². The number of aromatic nitrogens is 2. The Bertz CT molecular complexity index is 772. The SMILES string of the molecule is CN=C(NCCCn1nc(C)cc1C)NCc1ccc(F)c(CN(C)C)c1.I. The number of hydrogen-bond donors (Lipinski definition) is 2. The number of hydrogen-bond acceptors (Lipinski definition) is 3. The quantitative estimate of drug-likeness (QED) is 0.252. The van der Waals surface area contributed by atoms with Crippen molar-refractivity contribution in [2.45, 2.75) is 39.9 Å². The molecule has 0 aliphatic heterocycles. The number of halogens is 2. The molecule has 0 amide bonds. The van der Waals surface area contributed by atoms with Crippen LogP contribution in [0.1, 0.15) is 28.9 Å². The zero-order valence-corrected chi connectivity index (χ0v) is 19.8. The van der Waals surface area contributed by atoms with Gasteiger partial charge in [0.25, 0.3) is 0 Å². The van der Waals surface area contributed by atoms with Crippen molar-refractivity contribution in [3.8, 4) is 0 Å². The molecule has 0 saturated heterocycles. The van der Waals surface area contributed by atoms with Gasteiger partial charge >= 0.3 is 0 Å². The summed E-state index contributed by atoms with van der Waals surface area (Å²) in [6.45, 7) is 6.92. The highest BCUT2D eigenvalue weighted by atomic mass is 127. The summed E-state index contributed by atoms with van der Waals surface area (Å²) in [4.78, 5) is 6.20. The van der Waals surface area contributed by atoms with Crippen molar-refractivity contribution in [1.82, 2.24) is 25.3 Å². The van der Waals surface area contributed by atoms with Crippen LogP contribution in [0.25, 0.3) is 0 Å². The molecule has 1 aromatic carbocycles. The molecule has 0 atom stereocenters. The first-order valence-electron chi connectivity index (χ1n) is 9.26. The first kappa shape index (κ1) is 24.4. The van der Waals surface area contributed by atoms with Gasteiger partial charge in [-0.3, -0.25) is 9.67 Å². The van der Waals surface area contributed by atoms with Crippen LogP contribution in [0.5, 0.6) is 0 Å². The van der Waals surface area contributed by atoms with Crippen molar-refractivity contribution in [2.75, 3.05) is 27.7 Å². The Balaban J connectivity index is 0.00000392. The summed E-state index contributed by atoms with van der Waals surface area (Å²) in [5.41, 5.74) is 3.96. The Hall–Kier alpha value is -1.68. The molecule has 2 N–H and O–H groups in total. The first-order chi connectivity index (χ1) is 12.9. The minimum absolute atomic E-state index is 0. The van der Waals surface area contributed by atoms with E-state index in [0.717, 1.165) is 36.7 Å². The van der Waals surface area contributed by atoms with E-state index in [1.807, 2.05) is 36.7 Å². The molecule has 0 bridgehead atoms. The van der Waals surface area contributed by atoms with Crippen molar-refractivity contribution in [1.29, 1.82) is 0 Å². The van der Waals surface area contributed by atoms with Gasteiger partial charge in [0, 0.05) is 44.5 Å². The Morgan fingerprint density at radius 1 is 1.21 bits per heavy atom. The van der Waals surface area contributed by atoms with Crippen LogP contribution < -0.4 is 10.6 Å². The largest absolute Gasteiger partial charge is 0.356 e. The lowest BCUT2D eigenvalue weighted by molar-refractivity contribution is 0.392. The topological polar surface area (TPSA) is 57.5 Å². The highest BCUT2D eigenvalue weighted by Gasteiger charge is 2.06. The molecule has 6 nitrogen and oxygen atoms in total. The maximum atomic E-state index is 13.9. The molecular formula is C20H32FIN6. The van der Waals surface area contributed by atoms with Gasteiger partial charge in [-0.05, 0) is 58.1 Å². The predicted octanol–water partition coefficient (Wildman–Crippen LogP) is 3.07. The molecule has 0 radical (unpaired) electrons. The number of benzene rings is 1. The van der Waals surface area contributed by atoms with Gasteiger partial charge in [0.05, 0.1) is 5.69 Å². The van der Waals surface area contributed by atoms with Gasteiger partial charge in [0.15, 0.2) is 5.96 Å². The lowest BCUT2D eigenvalue weighted by Crippen LogP contribution is -2.37. The maximum absolute atomic E-state index is 13.9. The van der Waals surface area contributed by atoms with Crippen molar-refractivity contribution in [3.05, 3.63) is 52.6 Å². The van der Waals surface area contributed by atoms with Gasteiger partial charge in [0.2, 0.25) is 0 Å². The smallest absolute Gasteiger partial charge is 0.191 e. The normalized spacial score (nSPS) is 11.5. The Morgan fingerprint density at radius 2 is 1.96 bits per heavy atom. The average molecular weight is 502 g/mol. The van der Waals surface area contributed by atoms with Crippen LogP contribution in [0.4, 0.5) is 4.39 Å². The van der Waals surface area contributed by atoms with Crippen molar-refractivity contribution in [2.24, 2.45) is 4.99 Å². The van der Waals surface area contributed by atoms with Gasteiger partial charge in [-0.15, -0.1) is 24.0 Å². The monoisotopic (exact) mass is 502 g/mol. The van der Waals surface area contributed by atoms with E-state index < -0.39 is 0 Å². The summed E-state index contributed by atoms with van der Waals surface area (Å²) in [7, 11) is 5.61. The lowest BCUT2D eigenvalue weighted by atomic mass is 10.1. The van der Waals surface area contributed by atoms with Gasteiger partial charge < -0.3 is 15.5 Å². The molecule has 28 heavy (non-hydrogen) atoms. The molecule has 0 saturated carbocycles. The third-order valence-electron chi connectivity index (χ3n) is 4.22.